The summed E-state index contributed by atoms with van der Waals surface area (Å²) >= 11 is 0. The highest BCUT2D eigenvalue weighted by molar-refractivity contribution is 6.22. The van der Waals surface area contributed by atoms with Crippen molar-refractivity contribution in [1.29, 1.82) is 0 Å². The number of nitrogens with zero attached hydrogens (tertiary/aromatic N) is 2. The number of hydrogen-bond donors (Lipinski definition) is 1. The topological polar surface area (TPSA) is 127 Å². The number of imide groups is 1. The van der Waals surface area contributed by atoms with E-state index in [9.17, 15) is 29.6 Å². The monoisotopic (exact) mass is 384 g/mol. The third-order valence-electron chi connectivity index (χ3n) is 4.33. The third kappa shape index (κ3) is 3.47. The molecule has 9 heteroatoms. The van der Waals surface area contributed by atoms with Gasteiger partial charge >= 0.3 is 5.97 Å². The number of ether oxygens (including phenoxy) is 1. The second-order valence-electron chi connectivity index (χ2n) is 6.24. The van der Waals surface area contributed by atoms with Gasteiger partial charge in [-0.3, -0.25) is 24.6 Å². The number of aliphatic hydroxyl groups is 1. The fourth-order valence-corrected chi connectivity index (χ4v) is 2.93. The first-order chi connectivity index (χ1) is 13.3. The van der Waals surface area contributed by atoms with Crippen LogP contribution in [0.5, 0.6) is 0 Å². The normalized spacial score (nSPS) is 15.1. The Morgan fingerprint density at radius 2 is 1.64 bits per heavy atom. The number of carbonyl (C=O) groups is 3. The molecule has 1 aliphatic rings. The molecular weight excluding hydrogens is 368 g/mol. The van der Waals surface area contributed by atoms with Crippen molar-refractivity contribution in [3.8, 4) is 0 Å². The summed E-state index contributed by atoms with van der Waals surface area (Å²) in [6.07, 6.45) is -1.36. The highest BCUT2D eigenvalue weighted by atomic mass is 16.6. The first kappa shape index (κ1) is 19.2. The van der Waals surface area contributed by atoms with Crippen LogP contribution in [0.15, 0.2) is 48.5 Å². The van der Waals surface area contributed by atoms with E-state index >= 15 is 0 Å². The minimum Gasteiger partial charge on any atom is -0.459 e. The lowest BCUT2D eigenvalue weighted by atomic mass is 10.1. The lowest BCUT2D eigenvalue weighted by molar-refractivity contribution is -0.384. The van der Waals surface area contributed by atoms with Crippen LogP contribution in [-0.4, -0.2) is 44.9 Å². The SMILES string of the molecule is C[C@H](O)[C@@H](C(=O)OCc1ccc([N+](=O)[O-])cc1)N1C(=O)c2ccccc2C1=O. The van der Waals surface area contributed by atoms with E-state index in [0.717, 1.165) is 0 Å². The minimum absolute atomic E-state index is 0.108. The van der Waals surface area contributed by atoms with Gasteiger partial charge in [0.2, 0.25) is 0 Å². The fourth-order valence-electron chi connectivity index (χ4n) is 2.93. The van der Waals surface area contributed by atoms with Crippen molar-refractivity contribution in [2.45, 2.75) is 25.7 Å². The zero-order valence-electron chi connectivity index (χ0n) is 14.8. The number of nitro benzene ring substituents is 1. The zero-order valence-corrected chi connectivity index (χ0v) is 14.8. The van der Waals surface area contributed by atoms with Crippen LogP contribution in [0.4, 0.5) is 5.69 Å². The molecule has 28 heavy (non-hydrogen) atoms. The lowest BCUT2D eigenvalue weighted by Gasteiger charge is -2.26. The molecule has 2 amide bonds. The fraction of sp³-hybridized carbons (Fsp3) is 0.211. The second-order valence-corrected chi connectivity index (χ2v) is 6.24. The molecule has 144 valence electrons. The Bertz CT molecular complexity index is 918. The molecule has 0 saturated carbocycles. The number of hydrogen-bond acceptors (Lipinski definition) is 7. The van der Waals surface area contributed by atoms with Crippen molar-refractivity contribution in [2.75, 3.05) is 0 Å². The summed E-state index contributed by atoms with van der Waals surface area (Å²) < 4.78 is 5.14. The Morgan fingerprint density at radius 1 is 1.11 bits per heavy atom. The van der Waals surface area contributed by atoms with E-state index in [-0.39, 0.29) is 23.4 Å². The number of aliphatic hydroxyl groups excluding tert-OH is 1. The minimum atomic E-state index is -1.51. The molecule has 0 fully saturated rings. The molecule has 0 radical (unpaired) electrons. The van der Waals surface area contributed by atoms with Crippen molar-refractivity contribution in [2.24, 2.45) is 0 Å². The van der Waals surface area contributed by atoms with Gasteiger partial charge in [0.15, 0.2) is 6.04 Å². The van der Waals surface area contributed by atoms with E-state index in [2.05, 4.69) is 0 Å². The summed E-state index contributed by atoms with van der Waals surface area (Å²) in [7, 11) is 0. The number of carbonyl (C=O) groups excluding carboxylic acids is 3. The van der Waals surface area contributed by atoms with Gasteiger partial charge < -0.3 is 9.84 Å². The Labute approximate surface area is 159 Å². The second kappa shape index (κ2) is 7.57. The molecule has 1 heterocycles. The van der Waals surface area contributed by atoms with Gasteiger partial charge in [-0.05, 0) is 36.8 Å². The zero-order chi connectivity index (χ0) is 20.4. The van der Waals surface area contributed by atoms with Crippen LogP contribution in [0.1, 0.15) is 33.2 Å². The smallest absolute Gasteiger partial charge is 0.332 e. The van der Waals surface area contributed by atoms with E-state index in [4.69, 9.17) is 4.74 Å². The predicted octanol–water partition coefficient (Wildman–Crippen LogP) is 1.68. The highest BCUT2D eigenvalue weighted by Gasteiger charge is 2.45. The molecule has 3 rings (SSSR count). The summed E-state index contributed by atoms with van der Waals surface area (Å²) in [5, 5.41) is 20.7. The summed E-state index contributed by atoms with van der Waals surface area (Å²) in [6, 6.07) is 9.99. The van der Waals surface area contributed by atoms with Gasteiger partial charge in [-0.25, -0.2) is 4.79 Å². The first-order valence-corrected chi connectivity index (χ1v) is 8.36. The van der Waals surface area contributed by atoms with Crippen molar-refractivity contribution in [3.05, 3.63) is 75.3 Å². The van der Waals surface area contributed by atoms with Crippen molar-refractivity contribution < 1.29 is 29.2 Å². The summed E-state index contributed by atoms with van der Waals surface area (Å²) in [5.74, 6) is -2.32. The lowest BCUT2D eigenvalue weighted by Crippen LogP contribution is -2.51. The van der Waals surface area contributed by atoms with E-state index < -0.39 is 34.9 Å². The molecule has 0 bridgehead atoms. The van der Waals surface area contributed by atoms with Gasteiger partial charge in [-0.2, -0.15) is 0 Å². The number of esters is 1. The molecule has 0 saturated heterocycles. The first-order valence-electron chi connectivity index (χ1n) is 8.36. The maximum Gasteiger partial charge on any atom is 0.332 e. The summed E-state index contributed by atoms with van der Waals surface area (Å²) in [5.41, 5.74) is 0.677. The predicted molar refractivity (Wildman–Crippen MR) is 95.3 cm³/mol. The molecule has 9 nitrogen and oxygen atoms in total. The van der Waals surface area contributed by atoms with Crippen LogP contribution in [-0.2, 0) is 16.1 Å². The van der Waals surface area contributed by atoms with Crippen LogP contribution >= 0.6 is 0 Å². The average molecular weight is 384 g/mol. The molecule has 2 atom stereocenters. The van der Waals surface area contributed by atoms with Crippen LogP contribution in [0, 0.1) is 10.1 Å². The number of nitro groups is 1. The molecule has 0 unspecified atom stereocenters. The quantitative estimate of drug-likeness (QED) is 0.347. The van der Waals surface area contributed by atoms with Gasteiger partial charge in [-0.1, -0.05) is 12.1 Å². The summed E-state index contributed by atoms with van der Waals surface area (Å²) in [4.78, 5) is 48.5. The van der Waals surface area contributed by atoms with Crippen molar-refractivity contribution in [1.82, 2.24) is 4.90 Å². The Balaban J connectivity index is 1.76. The van der Waals surface area contributed by atoms with Crippen LogP contribution in [0.3, 0.4) is 0 Å². The van der Waals surface area contributed by atoms with Gasteiger partial charge in [-0.15, -0.1) is 0 Å². The molecule has 2 aromatic carbocycles. The molecule has 1 N–H and O–H groups in total. The van der Waals surface area contributed by atoms with Crippen molar-refractivity contribution >= 4 is 23.5 Å². The maximum atomic E-state index is 12.6. The van der Waals surface area contributed by atoms with E-state index in [1.54, 1.807) is 12.1 Å². The maximum absolute atomic E-state index is 12.6. The number of non-ortho nitro benzene ring substituents is 1. The number of rotatable bonds is 6. The third-order valence-corrected chi connectivity index (χ3v) is 4.33. The molecule has 0 aromatic heterocycles. The van der Waals surface area contributed by atoms with E-state index in [1.807, 2.05) is 0 Å². The Morgan fingerprint density at radius 3 is 2.11 bits per heavy atom. The van der Waals surface area contributed by atoms with Gasteiger partial charge in [0.1, 0.15) is 6.61 Å². The highest BCUT2D eigenvalue weighted by Crippen LogP contribution is 2.26. The van der Waals surface area contributed by atoms with Crippen molar-refractivity contribution in [3.63, 3.8) is 0 Å². The van der Waals surface area contributed by atoms with Gasteiger partial charge in [0.25, 0.3) is 17.5 Å². The number of amides is 2. The Kier molecular flexibility index (Phi) is 5.18. The summed E-state index contributed by atoms with van der Waals surface area (Å²) in [6.45, 7) is 1.05. The standard InChI is InChI=1S/C19H16N2O7/c1-11(22)16(20-17(23)14-4-2-3-5-15(14)18(20)24)19(25)28-10-12-6-8-13(9-7-12)21(26)27/h2-9,11,16,22H,10H2,1H3/t11-,16-/m0/s1. The van der Waals surface area contributed by atoms with E-state index in [0.29, 0.717) is 10.5 Å². The molecule has 2 aromatic rings. The molecular formula is C19H16N2O7. The Hall–Kier alpha value is -3.59. The number of benzene rings is 2. The molecule has 1 aliphatic heterocycles. The van der Waals surface area contributed by atoms with Gasteiger partial charge in [0.05, 0.1) is 22.2 Å². The largest absolute Gasteiger partial charge is 0.459 e. The van der Waals surface area contributed by atoms with Crippen LogP contribution in [0.2, 0.25) is 0 Å². The average Bonchev–Trinajstić information content (AvgIpc) is 2.92. The molecule has 0 aliphatic carbocycles. The number of fused-ring (bicyclic) bond motifs is 1. The van der Waals surface area contributed by atoms with Crippen LogP contribution in [0.25, 0.3) is 0 Å². The van der Waals surface area contributed by atoms with E-state index in [1.165, 1.54) is 43.3 Å². The van der Waals surface area contributed by atoms with Crippen LogP contribution < -0.4 is 0 Å². The van der Waals surface area contributed by atoms with Gasteiger partial charge in [0, 0.05) is 12.1 Å². The molecule has 0 spiro atoms.